The van der Waals surface area contributed by atoms with Gasteiger partial charge in [0.1, 0.15) is 11.5 Å². The average Bonchev–Trinajstić information content (AvgIpc) is 3.01. The maximum Gasteiger partial charge on any atom is 0.343 e. The molecule has 1 atom stereocenters. The number of ether oxygens (including phenoxy) is 2. The molecule has 0 aliphatic rings. The fourth-order valence-electron chi connectivity index (χ4n) is 6.23. The van der Waals surface area contributed by atoms with Gasteiger partial charge in [-0.15, -0.1) is 0 Å². The molecule has 4 nitrogen and oxygen atoms in total. The molecule has 3 aromatic carbocycles. The molecular formula is C40H59BrO4Si2. The summed E-state index contributed by atoms with van der Waals surface area (Å²) in [7, 11) is -2.87. The maximum absolute atomic E-state index is 12.8. The van der Waals surface area contributed by atoms with Gasteiger partial charge in [-0.1, -0.05) is 118 Å². The van der Waals surface area contributed by atoms with Crippen LogP contribution in [0.4, 0.5) is 0 Å². The van der Waals surface area contributed by atoms with Crippen molar-refractivity contribution < 1.29 is 18.4 Å². The van der Waals surface area contributed by atoms with Crippen molar-refractivity contribution in [2.75, 3.05) is 6.61 Å². The summed E-state index contributed by atoms with van der Waals surface area (Å²) in [5.74, 6) is 1.52. The van der Waals surface area contributed by atoms with Gasteiger partial charge >= 0.3 is 5.97 Å². The van der Waals surface area contributed by atoms with E-state index in [9.17, 15) is 4.79 Å². The van der Waals surface area contributed by atoms with Crippen molar-refractivity contribution in [3.8, 4) is 22.6 Å². The van der Waals surface area contributed by atoms with Crippen LogP contribution in [-0.2, 0) is 4.12 Å². The number of rotatable bonds is 21. The predicted octanol–water partition coefficient (Wildman–Crippen LogP) is 13.2. The van der Waals surface area contributed by atoms with Crippen LogP contribution in [0.25, 0.3) is 11.1 Å². The second kappa shape index (κ2) is 19.7. The molecule has 3 rings (SSSR count). The highest BCUT2D eigenvalue weighted by molar-refractivity contribution is 9.10. The first-order chi connectivity index (χ1) is 22.4. The fraction of sp³-hybridized carbons (Fsp3) is 0.525. The van der Waals surface area contributed by atoms with Gasteiger partial charge < -0.3 is 13.6 Å². The van der Waals surface area contributed by atoms with Crippen LogP contribution in [0.2, 0.25) is 38.8 Å². The van der Waals surface area contributed by atoms with Crippen LogP contribution in [0, 0.1) is 0 Å². The highest BCUT2D eigenvalue weighted by atomic mass is 79.9. The SMILES string of the molecule is CCC[C@H](C)c1ccc(C(=O)Oc2ccc(-c3ccc(OCCCCCCCCCCC[Si](C)(C)O[Si](C)(C)C)cc3)cc2)cc1Br. The summed E-state index contributed by atoms with van der Waals surface area (Å²) in [6.07, 6.45) is 13.9. The minimum absolute atomic E-state index is 0.356. The van der Waals surface area contributed by atoms with E-state index in [1.165, 1.54) is 63.0 Å². The van der Waals surface area contributed by atoms with Crippen LogP contribution < -0.4 is 9.47 Å². The Kier molecular flexibility index (Phi) is 16.5. The van der Waals surface area contributed by atoms with E-state index in [1.54, 1.807) is 0 Å². The zero-order valence-electron chi connectivity index (χ0n) is 30.1. The van der Waals surface area contributed by atoms with Crippen LogP contribution in [0.3, 0.4) is 0 Å². The van der Waals surface area contributed by atoms with Gasteiger partial charge in [-0.3, -0.25) is 0 Å². The standard InChI is InChI=1S/C40H59BrO4Si2/c1-8-18-32(2)38-28-23-35(31-39(38)41)40(42)44-37-26-21-34(22-27-37)33-19-24-36(25-20-33)43-29-16-14-12-10-9-11-13-15-17-30-47(6,7)45-46(3,4)5/h19-28,31-32H,8-18,29-30H2,1-7H3/t32-/m0/s1. The first-order valence-electron chi connectivity index (χ1n) is 17.9. The number of carbonyl (C=O) groups excluding carboxylic acids is 1. The molecule has 0 radical (unpaired) electrons. The van der Waals surface area contributed by atoms with Gasteiger partial charge in [0.05, 0.1) is 12.2 Å². The number of hydrogen-bond acceptors (Lipinski definition) is 4. The predicted molar refractivity (Wildman–Crippen MR) is 208 cm³/mol. The Hall–Kier alpha value is -2.20. The third-order valence-corrected chi connectivity index (χ3v) is 15.4. The number of esters is 1. The molecule has 0 saturated carbocycles. The number of hydrogen-bond donors (Lipinski definition) is 0. The van der Waals surface area contributed by atoms with Crippen molar-refractivity contribution in [1.29, 1.82) is 0 Å². The lowest BCUT2D eigenvalue weighted by Crippen LogP contribution is -2.42. The van der Waals surface area contributed by atoms with Crippen molar-refractivity contribution in [1.82, 2.24) is 0 Å². The Balaban J connectivity index is 1.29. The lowest BCUT2D eigenvalue weighted by atomic mass is 9.96. The van der Waals surface area contributed by atoms with E-state index < -0.39 is 16.6 Å². The summed E-state index contributed by atoms with van der Waals surface area (Å²) in [6, 6.07) is 22.9. The van der Waals surface area contributed by atoms with Gasteiger partial charge in [-0.2, -0.15) is 0 Å². The van der Waals surface area contributed by atoms with Crippen LogP contribution in [-0.4, -0.2) is 29.2 Å². The van der Waals surface area contributed by atoms with Gasteiger partial charge in [-0.25, -0.2) is 4.79 Å². The molecule has 0 unspecified atom stereocenters. The topological polar surface area (TPSA) is 44.8 Å². The van der Waals surface area contributed by atoms with E-state index in [2.05, 4.69) is 74.6 Å². The number of benzene rings is 3. The van der Waals surface area contributed by atoms with Crippen molar-refractivity contribution in [3.05, 3.63) is 82.3 Å². The molecule has 258 valence electrons. The molecular weight excluding hydrogens is 681 g/mol. The molecule has 0 aliphatic carbocycles. The summed E-state index contributed by atoms with van der Waals surface area (Å²) in [4.78, 5) is 12.8. The molecule has 0 amide bonds. The van der Waals surface area contributed by atoms with E-state index in [0.717, 1.165) is 47.2 Å². The maximum atomic E-state index is 12.8. The summed E-state index contributed by atoms with van der Waals surface area (Å²) >= 11 is 3.64. The largest absolute Gasteiger partial charge is 0.494 e. The Labute approximate surface area is 296 Å². The second-order valence-corrected chi connectivity index (χ2v) is 24.5. The van der Waals surface area contributed by atoms with Crippen molar-refractivity contribution in [2.24, 2.45) is 0 Å². The Morgan fingerprint density at radius 2 is 1.26 bits per heavy atom. The molecule has 0 bridgehead atoms. The number of carbonyl (C=O) groups is 1. The van der Waals surface area contributed by atoms with E-state index in [1.807, 2.05) is 54.6 Å². The first-order valence-corrected chi connectivity index (χ1v) is 25.2. The summed E-state index contributed by atoms with van der Waals surface area (Å²) < 4.78 is 19.1. The van der Waals surface area contributed by atoms with E-state index in [0.29, 0.717) is 17.2 Å². The van der Waals surface area contributed by atoms with Crippen LogP contribution in [0.5, 0.6) is 11.5 Å². The third-order valence-electron chi connectivity index (χ3n) is 8.52. The number of unbranched alkanes of at least 4 members (excludes halogenated alkanes) is 8. The normalized spacial score (nSPS) is 12.6. The molecule has 0 saturated heterocycles. The molecule has 0 spiro atoms. The zero-order valence-corrected chi connectivity index (χ0v) is 33.7. The van der Waals surface area contributed by atoms with Crippen LogP contribution >= 0.6 is 15.9 Å². The van der Waals surface area contributed by atoms with Crippen molar-refractivity contribution >= 4 is 38.5 Å². The second-order valence-electron chi connectivity index (χ2n) is 14.6. The molecule has 0 aliphatic heterocycles. The Bertz CT molecular complexity index is 1350. The molecule has 47 heavy (non-hydrogen) atoms. The summed E-state index contributed by atoms with van der Waals surface area (Å²) in [6.45, 7) is 16.9. The van der Waals surface area contributed by atoms with Crippen molar-refractivity contribution in [3.63, 3.8) is 0 Å². The van der Waals surface area contributed by atoms with Gasteiger partial charge in [0.2, 0.25) is 0 Å². The quantitative estimate of drug-likeness (QED) is 0.0472. The van der Waals surface area contributed by atoms with Gasteiger partial charge in [0.25, 0.3) is 0 Å². The molecule has 0 heterocycles. The van der Waals surface area contributed by atoms with Gasteiger partial charge in [0, 0.05) is 4.47 Å². The monoisotopic (exact) mass is 738 g/mol. The van der Waals surface area contributed by atoms with Gasteiger partial charge in [-0.05, 0) is 111 Å². The first kappa shape index (κ1) is 39.2. The molecule has 0 fully saturated rings. The van der Waals surface area contributed by atoms with E-state index in [-0.39, 0.29) is 5.97 Å². The van der Waals surface area contributed by atoms with Crippen molar-refractivity contribution in [2.45, 2.75) is 129 Å². The minimum Gasteiger partial charge on any atom is -0.494 e. The Morgan fingerprint density at radius 1 is 0.723 bits per heavy atom. The summed E-state index contributed by atoms with van der Waals surface area (Å²) in [5, 5.41) is 0. The lowest BCUT2D eigenvalue weighted by Gasteiger charge is -2.31. The zero-order chi connectivity index (χ0) is 34.3. The van der Waals surface area contributed by atoms with E-state index in [4.69, 9.17) is 13.6 Å². The van der Waals surface area contributed by atoms with Crippen LogP contribution in [0.1, 0.15) is 106 Å². The van der Waals surface area contributed by atoms with Gasteiger partial charge in [0.15, 0.2) is 16.6 Å². The van der Waals surface area contributed by atoms with Crippen LogP contribution in [0.15, 0.2) is 71.2 Å². The Morgan fingerprint density at radius 3 is 1.79 bits per heavy atom. The molecule has 0 N–H and O–H groups in total. The smallest absolute Gasteiger partial charge is 0.343 e. The number of halogens is 1. The summed E-state index contributed by atoms with van der Waals surface area (Å²) in [5.41, 5.74) is 3.92. The lowest BCUT2D eigenvalue weighted by molar-refractivity contribution is 0.0734. The highest BCUT2D eigenvalue weighted by Gasteiger charge is 2.28. The molecule has 7 heteroatoms. The molecule has 3 aromatic rings. The van der Waals surface area contributed by atoms with E-state index >= 15 is 0 Å². The minimum atomic E-state index is -1.46. The fourth-order valence-corrected chi connectivity index (χ4v) is 15.1. The molecule has 0 aromatic heterocycles. The highest BCUT2D eigenvalue weighted by Crippen LogP contribution is 2.30. The average molecular weight is 740 g/mol. The third kappa shape index (κ3) is 14.8.